The number of aryl methyl sites for hydroxylation is 1. The summed E-state index contributed by atoms with van der Waals surface area (Å²) in [4.78, 5) is 2.34. The molecule has 2 N–H and O–H groups in total. The highest BCUT2D eigenvalue weighted by Gasteiger charge is 2.30. The second-order valence-corrected chi connectivity index (χ2v) is 8.90. The van der Waals surface area contributed by atoms with Crippen molar-refractivity contribution in [1.82, 2.24) is 10.0 Å². The van der Waals surface area contributed by atoms with Crippen molar-refractivity contribution >= 4 is 21.4 Å². The summed E-state index contributed by atoms with van der Waals surface area (Å²) in [5.41, 5.74) is 0. The van der Waals surface area contributed by atoms with Crippen LogP contribution in [0.4, 0.5) is 0 Å². The minimum atomic E-state index is -3.46. The molecule has 21 heavy (non-hydrogen) atoms. The van der Waals surface area contributed by atoms with E-state index < -0.39 is 10.0 Å². The first kappa shape index (κ1) is 15.4. The zero-order chi connectivity index (χ0) is 15.0. The number of ether oxygens (including phenoxy) is 1. The predicted octanol–water partition coefficient (Wildman–Crippen LogP) is 1.76. The van der Waals surface area contributed by atoms with Crippen molar-refractivity contribution < 1.29 is 13.2 Å². The van der Waals surface area contributed by atoms with Gasteiger partial charge in [0.2, 0.25) is 10.0 Å². The summed E-state index contributed by atoms with van der Waals surface area (Å²) >= 11 is 1.56. The van der Waals surface area contributed by atoms with Gasteiger partial charge in [-0.3, -0.25) is 0 Å². The number of hydrogen-bond acceptors (Lipinski definition) is 5. The van der Waals surface area contributed by atoms with Crippen molar-refractivity contribution in [1.29, 1.82) is 0 Å². The van der Waals surface area contributed by atoms with Crippen molar-refractivity contribution in [2.24, 2.45) is 0 Å². The zero-order valence-electron chi connectivity index (χ0n) is 12.4. The van der Waals surface area contributed by atoms with Crippen LogP contribution in [0.3, 0.4) is 0 Å². The van der Waals surface area contributed by atoms with Crippen LogP contribution >= 0.6 is 11.3 Å². The highest BCUT2D eigenvalue weighted by molar-refractivity contribution is 7.89. The molecule has 1 saturated heterocycles. The van der Waals surface area contributed by atoms with Gasteiger partial charge in [0, 0.05) is 28.9 Å². The molecule has 3 rings (SSSR count). The molecule has 5 nitrogen and oxygen atoms in total. The fraction of sp³-hybridized carbons (Fsp3) is 0.714. The molecule has 118 valence electrons. The summed E-state index contributed by atoms with van der Waals surface area (Å²) in [5, 5.41) is 3.42. The second kappa shape index (κ2) is 5.96. The summed E-state index contributed by atoms with van der Waals surface area (Å²) in [7, 11) is -3.46. The minimum Gasteiger partial charge on any atom is -0.377 e. The van der Waals surface area contributed by atoms with E-state index in [2.05, 4.69) is 10.0 Å². The molecule has 0 spiro atoms. The fourth-order valence-corrected chi connectivity index (χ4v) is 5.48. The maximum Gasteiger partial charge on any atom is 0.242 e. The van der Waals surface area contributed by atoms with Crippen LogP contribution in [0.15, 0.2) is 11.0 Å². The van der Waals surface area contributed by atoms with Crippen molar-refractivity contribution in [3.63, 3.8) is 0 Å². The Morgan fingerprint density at radius 2 is 2.14 bits per heavy atom. The van der Waals surface area contributed by atoms with Crippen LogP contribution in [0.2, 0.25) is 0 Å². The Kier molecular flexibility index (Phi) is 4.38. The van der Waals surface area contributed by atoms with Gasteiger partial charge in [-0.1, -0.05) is 0 Å². The van der Waals surface area contributed by atoms with Crippen LogP contribution in [0.1, 0.15) is 35.9 Å². The molecule has 1 aliphatic carbocycles. The van der Waals surface area contributed by atoms with Crippen LogP contribution < -0.4 is 10.0 Å². The summed E-state index contributed by atoms with van der Waals surface area (Å²) < 4.78 is 33.3. The molecule has 2 unspecified atom stereocenters. The highest BCUT2D eigenvalue weighted by Crippen LogP contribution is 2.28. The molecule has 1 aliphatic heterocycles. The van der Waals surface area contributed by atoms with Gasteiger partial charge >= 0.3 is 0 Å². The highest BCUT2D eigenvalue weighted by atomic mass is 32.2. The van der Waals surface area contributed by atoms with E-state index in [4.69, 9.17) is 4.74 Å². The van der Waals surface area contributed by atoms with E-state index >= 15 is 0 Å². The van der Waals surface area contributed by atoms with Crippen molar-refractivity contribution in [3.05, 3.63) is 15.8 Å². The first-order valence-corrected chi connectivity index (χ1v) is 9.72. The zero-order valence-corrected chi connectivity index (χ0v) is 14.0. The quantitative estimate of drug-likeness (QED) is 0.834. The molecule has 0 aromatic carbocycles. The van der Waals surface area contributed by atoms with E-state index in [-0.39, 0.29) is 12.1 Å². The van der Waals surface area contributed by atoms with E-state index in [0.717, 1.165) is 22.7 Å². The van der Waals surface area contributed by atoms with Gasteiger partial charge in [0.15, 0.2) is 0 Å². The third-order valence-electron chi connectivity index (χ3n) is 4.04. The number of hydrogen-bond donors (Lipinski definition) is 2. The summed E-state index contributed by atoms with van der Waals surface area (Å²) in [6.45, 7) is 5.16. The van der Waals surface area contributed by atoms with Crippen LogP contribution in [-0.2, 0) is 21.3 Å². The Bertz CT molecular complexity index is 608. The van der Waals surface area contributed by atoms with Gasteiger partial charge < -0.3 is 10.1 Å². The second-order valence-electron chi connectivity index (χ2n) is 5.88. The van der Waals surface area contributed by atoms with Gasteiger partial charge in [-0.2, -0.15) is 0 Å². The molecule has 2 heterocycles. The number of thiophene rings is 1. The van der Waals surface area contributed by atoms with Gasteiger partial charge in [0.1, 0.15) is 0 Å². The topological polar surface area (TPSA) is 67.4 Å². The maximum atomic E-state index is 12.5. The monoisotopic (exact) mass is 330 g/mol. The third kappa shape index (κ3) is 3.65. The molecule has 7 heteroatoms. The van der Waals surface area contributed by atoms with Crippen molar-refractivity contribution in [2.75, 3.05) is 6.61 Å². The lowest BCUT2D eigenvalue weighted by molar-refractivity contribution is 0.117. The maximum absolute atomic E-state index is 12.5. The summed E-state index contributed by atoms with van der Waals surface area (Å²) in [6, 6.07) is 2.31. The molecule has 2 fully saturated rings. The minimum absolute atomic E-state index is 0.0604. The molecule has 2 aliphatic rings. The molecular formula is C14H22N2O3S2. The first-order valence-electron chi connectivity index (χ1n) is 7.42. The molecule has 0 radical (unpaired) electrons. The van der Waals surface area contributed by atoms with Gasteiger partial charge in [-0.15, -0.1) is 11.3 Å². The van der Waals surface area contributed by atoms with Crippen LogP contribution in [-0.4, -0.2) is 33.2 Å². The Hall–Kier alpha value is -0.470. The molecule has 0 amide bonds. The lowest BCUT2D eigenvalue weighted by atomic mass is 10.2. The van der Waals surface area contributed by atoms with Crippen LogP contribution in [0, 0.1) is 6.92 Å². The van der Waals surface area contributed by atoms with Gasteiger partial charge in [0.05, 0.1) is 17.0 Å². The smallest absolute Gasteiger partial charge is 0.242 e. The van der Waals surface area contributed by atoms with E-state index in [0.29, 0.717) is 17.5 Å². The predicted molar refractivity (Wildman–Crippen MR) is 83.1 cm³/mol. The summed E-state index contributed by atoms with van der Waals surface area (Å²) in [5.74, 6) is 0. The fourth-order valence-electron chi connectivity index (χ4n) is 2.56. The Morgan fingerprint density at radius 1 is 1.38 bits per heavy atom. The number of nitrogens with one attached hydrogen (secondary N) is 2. The van der Waals surface area contributed by atoms with Crippen LogP contribution in [0.5, 0.6) is 0 Å². The van der Waals surface area contributed by atoms with Gasteiger partial charge in [-0.25, -0.2) is 13.1 Å². The Labute approximate surface area is 130 Å². The van der Waals surface area contributed by atoms with Crippen LogP contribution in [0.25, 0.3) is 0 Å². The van der Waals surface area contributed by atoms with E-state index in [1.165, 1.54) is 12.8 Å². The third-order valence-corrected chi connectivity index (χ3v) is 6.83. The van der Waals surface area contributed by atoms with Crippen molar-refractivity contribution in [2.45, 2.75) is 62.7 Å². The standard InChI is InChI=1S/C14H22N2O3S2/c1-9-13(5-6-19-9)16-21(17,18)14-7-12(20-10(14)2)8-15-11-3-4-11/h7,9,11,13,15-16H,3-6,8H2,1-2H3. The molecular weight excluding hydrogens is 308 g/mol. The lowest BCUT2D eigenvalue weighted by Gasteiger charge is -2.15. The van der Waals surface area contributed by atoms with E-state index in [1.54, 1.807) is 17.4 Å². The Balaban J connectivity index is 1.71. The molecule has 1 aromatic rings. The average Bonchev–Trinajstić information content (AvgIpc) is 3.05. The number of sulfonamides is 1. The van der Waals surface area contributed by atoms with Gasteiger partial charge in [-0.05, 0) is 39.2 Å². The molecule has 2 atom stereocenters. The van der Waals surface area contributed by atoms with Gasteiger partial charge in [0.25, 0.3) is 0 Å². The SMILES string of the molecule is Cc1sc(CNC2CC2)cc1S(=O)(=O)NC1CCOC1C. The normalized spacial score (nSPS) is 26.4. The average molecular weight is 330 g/mol. The lowest BCUT2D eigenvalue weighted by Crippen LogP contribution is -2.39. The first-order chi connectivity index (χ1) is 9.95. The summed E-state index contributed by atoms with van der Waals surface area (Å²) in [6.07, 6.45) is 3.14. The molecule has 1 saturated carbocycles. The molecule has 0 bridgehead atoms. The molecule has 1 aromatic heterocycles. The Morgan fingerprint density at radius 3 is 2.76 bits per heavy atom. The van der Waals surface area contributed by atoms with E-state index in [1.807, 2.05) is 13.8 Å². The van der Waals surface area contributed by atoms with Crippen molar-refractivity contribution in [3.8, 4) is 0 Å². The number of rotatable bonds is 6. The van der Waals surface area contributed by atoms with E-state index in [9.17, 15) is 8.42 Å². The largest absolute Gasteiger partial charge is 0.377 e.